The van der Waals surface area contributed by atoms with Crippen LogP contribution in [0.4, 0.5) is 0 Å². The van der Waals surface area contributed by atoms with Gasteiger partial charge >= 0.3 is 5.97 Å². The van der Waals surface area contributed by atoms with Gasteiger partial charge in [0.1, 0.15) is 11.6 Å². The van der Waals surface area contributed by atoms with Crippen LogP contribution in [0.25, 0.3) is 0 Å². The molecule has 0 saturated carbocycles. The van der Waals surface area contributed by atoms with Gasteiger partial charge in [-0.1, -0.05) is 11.8 Å². The maximum atomic E-state index is 11.5. The highest BCUT2D eigenvalue weighted by atomic mass is 32.2. The summed E-state index contributed by atoms with van der Waals surface area (Å²) in [4.78, 5) is 15.7. The molecule has 5 nitrogen and oxygen atoms in total. The van der Waals surface area contributed by atoms with E-state index in [1.807, 2.05) is 32.4 Å². The van der Waals surface area contributed by atoms with Crippen LogP contribution in [-0.4, -0.2) is 32.6 Å². The molecule has 1 aromatic rings. The number of hydrogen-bond acceptors (Lipinski definition) is 5. The third kappa shape index (κ3) is 3.73. The fourth-order valence-electron chi connectivity index (χ4n) is 1.24. The molecular formula is C11H19N3O2S. The third-order valence-electron chi connectivity index (χ3n) is 2.05. The minimum Gasteiger partial charge on any atom is -0.465 e. The first-order valence-electron chi connectivity index (χ1n) is 5.60. The minimum absolute atomic E-state index is 0.146. The molecule has 0 aliphatic rings. The van der Waals surface area contributed by atoms with Crippen LogP contribution in [0.5, 0.6) is 0 Å². The first-order chi connectivity index (χ1) is 7.86. The molecule has 0 aliphatic heterocycles. The molecule has 0 aromatic carbocycles. The summed E-state index contributed by atoms with van der Waals surface area (Å²) in [6.07, 6.45) is 1.51. The molecule has 0 saturated heterocycles. The molecule has 0 amide bonds. The van der Waals surface area contributed by atoms with Crippen molar-refractivity contribution < 1.29 is 9.53 Å². The van der Waals surface area contributed by atoms with E-state index in [0.29, 0.717) is 6.61 Å². The predicted molar refractivity (Wildman–Crippen MR) is 67.0 cm³/mol. The Bertz CT molecular complexity index is 384. The molecule has 6 heteroatoms. The quantitative estimate of drug-likeness (QED) is 0.610. The Kier molecular flexibility index (Phi) is 4.56. The second-order valence-electron chi connectivity index (χ2n) is 4.64. The molecule has 0 spiro atoms. The van der Waals surface area contributed by atoms with Crippen molar-refractivity contribution in [3.05, 3.63) is 6.33 Å². The van der Waals surface area contributed by atoms with Crippen LogP contribution in [-0.2, 0) is 15.1 Å². The molecule has 1 aromatic heterocycles. The smallest absolute Gasteiger partial charge is 0.319 e. The third-order valence-corrected chi connectivity index (χ3v) is 3.09. The van der Waals surface area contributed by atoms with Gasteiger partial charge in [0.15, 0.2) is 5.16 Å². The molecule has 0 bridgehead atoms. The van der Waals surface area contributed by atoms with E-state index in [-0.39, 0.29) is 16.8 Å². The average molecular weight is 257 g/mol. The van der Waals surface area contributed by atoms with E-state index in [0.717, 1.165) is 5.16 Å². The number of carbonyl (C=O) groups excluding carboxylic acids is 1. The number of carbonyl (C=O) groups is 1. The van der Waals surface area contributed by atoms with Gasteiger partial charge in [-0.3, -0.25) is 4.79 Å². The van der Waals surface area contributed by atoms with Crippen molar-refractivity contribution in [3.8, 4) is 0 Å². The number of ether oxygens (including phenoxy) is 1. The fraction of sp³-hybridized carbons (Fsp3) is 0.727. The van der Waals surface area contributed by atoms with Gasteiger partial charge in [-0.25, -0.2) is 9.67 Å². The van der Waals surface area contributed by atoms with Gasteiger partial charge in [0.05, 0.1) is 12.1 Å². The van der Waals surface area contributed by atoms with Crippen molar-refractivity contribution in [2.24, 2.45) is 0 Å². The van der Waals surface area contributed by atoms with Crippen LogP contribution in [0, 0.1) is 0 Å². The Morgan fingerprint density at radius 3 is 2.76 bits per heavy atom. The second-order valence-corrected chi connectivity index (χ2v) is 5.95. The Balaban J connectivity index is 2.76. The van der Waals surface area contributed by atoms with Gasteiger partial charge in [0.2, 0.25) is 0 Å². The van der Waals surface area contributed by atoms with E-state index in [1.54, 1.807) is 6.92 Å². The summed E-state index contributed by atoms with van der Waals surface area (Å²) in [5.74, 6) is -0.221. The molecular weight excluding hydrogens is 238 g/mol. The molecule has 96 valence electrons. The van der Waals surface area contributed by atoms with Crippen molar-refractivity contribution in [2.75, 3.05) is 6.61 Å². The SMILES string of the molecule is CCOC(=O)C(C)Sc1ncnn1C(C)(C)C. The molecule has 0 N–H and O–H groups in total. The summed E-state index contributed by atoms with van der Waals surface area (Å²) >= 11 is 1.37. The zero-order valence-corrected chi connectivity index (χ0v) is 11.7. The number of thioether (sulfide) groups is 1. The lowest BCUT2D eigenvalue weighted by atomic mass is 10.1. The first-order valence-corrected chi connectivity index (χ1v) is 6.48. The van der Waals surface area contributed by atoms with E-state index in [1.165, 1.54) is 18.1 Å². The Labute approximate surface area is 106 Å². The summed E-state index contributed by atoms with van der Waals surface area (Å²) in [6.45, 7) is 10.1. The van der Waals surface area contributed by atoms with E-state index >= 15 is 0 Å². The topological polar surface area (TPSA) is 57.0 Å². The number of hydrogen-bond donors (Lipinski definition) is 0. The summed E-state index contributed by atoms with van der Waals surface area (Å²) in [5.41, 5.74) is -0.146. The lowest BCUT2D eigenvalue weighted by Crippen LogP contribution is -2.25. The minimum atomic E-state index is -0.278. The number of nitrogens with zero attached hydrogens (tertiary/aromatic N) is 3. The lowest BCUT2D eigenvalue weighted by Gasteiger charge is -2.21. The standard InChI is InChI=1S/C11H19N3O2S/c1-6-16-9(15)8(2)17-10-12-7-13-14(10)11(3,4)5/h7-8H,6H2,1-5H3. The van der Waals surface area contributed by atoms with Gasteiger partial charge in [-0.05, 0) is 34.6 Å². The van der Waals surface area contributed by atoms with Crippen LogP contribution < -0.4 is 0 Å². The molecule has 0 radical (unpaired) electrons. The van der Waals surface area contributed by atoms with Crippen molar-refractivity contribution in [3.63, 3.8) is 0 Å². The van der Waals surface area contributed by atoms with E-state index in [4.69, 9.17) is 4.74 Å². The van der Waals surface area contributed by atoms with Crippen LogP contribution in [0.15, 0.2) is 11.5 Å². The molecule has 0 aliphatic carbocycles. The maximum absolute atomic E-state index is 11.5. The number of aromatic nitrogens is 3. The summed E-state index contributed by atoms with van der Waals surface area (Å²) in [6, 6.07) is 0. The monoisotopic (exact) mass is 257 g/mol. The maximum Gasteiger partial charge on any atom is 0.319 e. The van der Waals surface area contributed by atoms with Gasteiger partial charge < -0.3 is 4.74 Å². The van der Waals surface area contributed by atoms with Crippen molar-refractivity contribution in [1.82, 2.24) is 14.8 Å². The number of rotatable bonds is 4. The van der Waals surface area contributed by atoms with Gasteiger partial charge in [0.25, 0.3) is 0 Å². The highest BCUT2D eigenvalue weighted by Gasteiger charge is 2.23. The largest absolute Gasteiger partial charge is 0.465 e. The van der Waals surface area contributed by atoms with Crippen molar-refractivity contribution in [2.45, 2.75) is 50.6 Å². The summed E-state index contributed by atoms with van der Waals surface area (Å²) in [7, 11) is 0. The number of esters is 1. The van der Waals surface area contributed by atoms with Crippen LogP contribution in [0.2, 0.25) is 0 Å². The Hall–Kier alpha value is -1.04. The molecule has 1 rings (SSSR count). The predicted octanol–water partition coefficient (Wildman–Crippen LogP) is 2.08. The van der Waals surface area contributed by atoms with E-state index < -0.39 is 0 Å². The van der Waals surface area contributed by atoms with Crippen LogP contribution in [0.3, 0.4) is 0 Å². The summed E-state index contributed by atoms with van der Waals surface area (Å²) in [5, 5.41) is 4.64. The van der Waals surface area contributed by atoms with Gasteiger partial charge in [0, 0.05) is 0 Å². The van der Waals surface area contributed by atoms with Gasteiger partial charge in [-0.15, -0.1) is 0 Å². The van der Waals surface area contributed by atoms with Crippen LogP contribution in [0.1, 0.15) is 34.6 Å². The summed E-state index contributed by atoms with van der Waals surface area (Å²) < 4.78 is 6.77. The fourth-order valence-corrected chi connectivity index (χ4v) is 2.25. The Morgan fingerprint density at radius 2 is 2.24 bits per heavy atom. The zero-order chi connectivity index (χ0) is 13.1. The second kappa shape index (κ2) is 5.53. The van der Waals surface area contributed by atoms with Crippen molar-refractivity contribution in [1.29, 1.82) is 0 Å². The molecule has 0 fully saturated rings. The molecule has 1 atom stereocenters. The molecule has 1 unspecified atom stereocenters. The molecule has 1 heterocycles. The zero-order valence-electron chi connectivity index (χ0n) is 10.9. The Morgan fingerprint density at radius 1 is 1.59 bits per heavy atom. The normalized spacial score (nSPS) is 13.5. The van der Waals surface area contributed by atoms with Crippen molar-refractivity contribution >= 4 is 17.7 Å². The van der Waals surface area contributed by atoms with E-state index in [9.17, 15) is 4.79 Å². The highest BCUT2D eigenvalue weighted by Crippen LogP contribution is 2.26. The van der Waals surface area contributed by atoms with Gasteiger partial charge in [-0.2, -0.15) is 5.10 Å². The molecule has 17 heavy (non-hydrogen) atoms. The first kappa shape index (κ1) is 14.0. The highest BCUT2D eigenvalue weighted by molar-refractivity contribution is 8.00. The van der Waals surface area contributed by atoms with Crippen LogP contribution >= 0.6 is 11.8 Å². The van der Waals surface area contributed by atoms with E-state index in [2.05, 4.69) is 10.1 Å². The lowest BCUT2D eigenvalue weighted by molar-refractivity contribution is -0.142. The average Bonchev–Trinajstić information content (AvgIpc) is 2.65.